The number of halogens is 1. The molecule has 0 radical (unpaired) electrons. The van der Waals surface area contributed by atoms with Gasteiger partial charge in [0.1, 0.15) is 0 Å². The van der Waals surface area contributed by atoms with Gasteiger partial charge in [-0.25, -0.2) is 0 Å². The summed E-state index contributed by atoms with van der Waals surface area (Å²) in [5.74, 6) is 0. The van der Waals surface area contributed by atoms with Crippen molar-refractivity contribution in [2.75, 3.05) is 6.54 Å². The van der Waals surface area contributed by atoms with Gasteiger partial charge in [0.2, 0.25) is 0 Å². The topological polar surface area (TPSA) is 29.9 Å². The van der Waals surface area contributed by atoms with Gasteiger partial charge < -0.3 is 5.32 Å². The van der Waals surface area contributed by atoms with E-state index in [9.17, 15) is 0 Å². The average molecular weight is 294 g/mol. The second-order valence-corrected chi connectivity index (χ2v) is 4.89. The Morgan fingerprint density at radius 1 is 1.35 bits per heavy atom. The van der Waals surface area contributed by atoms with Crippen LogP contribution in [0.15, 0.2) is 41.1 Å². The molecule has 1 aromatic heterocycles. The molecule has 2 aromatic rings. The van der Waals surface area contributed by atoms with Gasteiger partial charge in [-0.15, -0.1) is 0 Å². The minimum atomic E-state index is 0.891. The lowest BCUT2D eigenvalue weighted by Gasteiger charge is -2.05. The Bertz CT molecular complexity index is 479. The fraction of sp³-hybridized carbons (Fsp3) is 0.308. The molecule has 1 N–H and O–H groups in total. The van der Waals surface area contributed by atoms with Crippen LogP contribution in [0, 0.1) is 0 Å². The third-order valence-corrected chi connectivity index (χ3v) is 3.40. The number of nitrogens with one attached hydrogen (secondary N) is 1. The molecular formula is C13H16BrN3. The summed E-state index contributed by atoms with van der Waals surface area (Å²) in [6.07, 6.45) is 4.98. The van der Waals surface area contributed by atoms with Crippen LogP contribution in [0.3, 0.4) is 0 Å². The van der Waals surface area contributed by atoms with E-state index in [4.69, 9.17) is 0 Å². The first-order valence-corrected chi connectivity index (χ1v) is 6.46. The third-order valence-electron chi connectivity index (χ3n) is 2.62. The molecule has 0 spiro atoms. The summed E-state index contributed by atoms with van der Waals surface area (Å²) in [5, 5.41) is 7.58. The first kappa shape index (κ1) is 12.3. The van der Waals surface area contributed by atoms with Crippen LogP contribution >= 0.6 is 15.9 Å². The molecule has 0 aliphatic rings. The monoisotopic (exact) mass is 293 g/mol. The minimum absolute atomic E-state index is 0.891. The Hall–Kier alpha value is -1.13. The van der Waals surface area contributed by atoms with Crippen LogP contribution in [0.2, 0.25) is 0 Å². The van der Waals surface area contributed by atoms with Crippen molar-refractivity contribution in [2.24, 2.45) is 7.05 Å². The highest BCUT2D eigenvalue weighted by molar-refractivity contribution is 9.10. The van der Waals surface area contributed by atoms with Crippen LogP contribution < -0.4 is 5.32 Å². The Morgan fingerprint density at radius 2 is 2.18 bits per heavy atom. The normalized spacial score (nSPS) is 10.7. The van der Waals surface area contributed by atoms with Crippen LogP contribution in [-0.4, -0.2) is 16.3 Å². The van der Waals surface area contributed by atoms with Gasteiger partial charge in [-0.2, -0.15) is 5.10 Å². The van der Waals surface area contributed by atoms with E-state index in [2.05, 4.69) is 50.7 Å². The first-order valence-electron chi connectivity index (χ1n) is 5.67. The van der Waals surface area contributed by atoms with Crippen molar-refractivity contribution in [1.82, 2.24) is 15.1 Å². The summed E-state index contributed by atoms with van der Waals surface area (Å²) < 4.78 is 3.00. The van der Waals surface area contributed by atoms with E-state index in [0.717, 1.165) is 24.0 Å². The van der Waals surface area contributed by atoms with Crippen molar-refractivity contribution in [2.45, 2.75) is 13.0 Å². The highest BCUT2D eigenvalue weighted by Crippen LogP contribution is 2.15. The molecule has 0 atom stereocenters. The molecule has 0 aliphatic heterocycles. The fourth-order valence-corrected chi connectivity index (χ4v) is 2.12. The molecule has 0 aliphatic carbocycles. The second-order valence-electron chi connectivity index (χ2n) is 4.04. The number of benzene rings is 1. The Balaban J connectivity index is 1.75. The van der Waals surface area contributed by atoms with E-state index in [1.54, 1.807) is 0 Å². The predicted molar refractivity (Wildman–Crippen MR) is 72.8 cm³/mol. The van der Waals surface area contributed by atoms with Gasteiger partial charge >= 0.3 is 0 Å². The smallest absolute Gasteiger partial charge is 0.0522 e. The molecule has 1 aromatic carbocycles. The average Bonchev–Trinajstić information content (AvgIpc) is 2.73. The molecule has 0 amide bonds. The van der Waals surface area contributed by atoms with E-state index in [-0.39, 0.29) is 0 Å². The van der Waals surface area contributed by atoms with Gasteiger partial charge in [0.15, 0.2) is 0 Å². The van der Waals surface area contributed by atoms with E-state index in [1.165, 1.54) is 11.1 Å². The summed E-state index contributed by atoms with van der Waals surface area (Å²) in [4.78, 5) is 0. The lowest BCUT2D eigenvalue weighted by molar-refractivity contribution is 0.684. The summed E-state index contributed by atoms with van der Waals surface area (Å²) in [5.41, 5.74) is 2.56. The molecule has 4 heteroatoms. The summed E-state index contributed by atoms with van der Waals surface area (Å²) in [7, 11) is 1.94. The predicted octanol–water partition coefficient (Wildman–Crippen LogP) is 2.51. The lowest BCUT2D eigenvalue weighted by atomic mass is 10.2. The maximum absolute atomic E-state index is 4.15. The number of hydrogen-bond acceptors (Lipinski definition) is 2. The summed E-state index contributed by atoms with van der Waals surface area (Å²) >= 11 is 3.54. The van der Waals surface area contributed by atoms with Crippen LogP contribution in [0.25, 0.3) is 0 Å². The molecule has 0 fully saturated rings. The molecule has 2 rings (SSSR count). The molecule has 0 saturated carbocycles. The number of rotatable bonds is 5. The molecule has 1 heterocycles. The number of hydrogen-bond donors (Lipinski definition) is 1. The number of aryl methyl sites for hydroxylation is 1. The summed E-state index contributed by atoms with van der Waals surface area (Å²) in [6, 6.07) is 8.28. The number of aromatic nitrogens is 2. The highest BCUT2D eigenvalue weighted by Gasteiger charge is 1.99. The fourth-order valence-electron chi connectivity index (χ4n) is 1.70. The standard InChI is InChI=1S/C13H16BrN3/c1-17-10-11(8-16-17)6-7-15-9-12-4-2-3-5-13(12)14/h2-5,8,10,15H,6-7,9H2,1H3. The van der Waals surface area contributed by atoms with Gasteiger partial charge in [0.05, 0.1) is 6.20 Å². The summed E-state index contributed by atoms with van der Waals surface area (Å²) in [6.45, 7) is 1.86. The first-order chi connectivity index (χ1) is 8.25. The highest BCUT2D eigenvalue weighted by atomic mass is 79.9. The van der Waals surface area contributed by atoms with Gasteiger partial charge in [-0.05, 0) is 30.2 Å². The quantitative estimate of drug-likeness (QED) is 0.859. The number of nitrogens with zero attached hydrogens (tertiary/aromatic N) is 2. The Labute approximate surface area is 110 Å². The zero-order valence-electron chi connectivity index (χ0n) is 9.86. The molecule has 3 nitrogen and oxygen atoms in total. The minimum Gasteiger partial charge on any atom is -0.312 e. The van der Waals surface area contributed by atoms with Crippen molar-refractivity contribution < 1.29 is 0 Å². The van der Waals surface area contributed by atoms with Crippen LogP contribution in [0.5, 0.6) is 0 Å². The Kier molecular flexibility index (Phi) is 4.34. The van der Waals surface area contributed by atoms with Crippen molar-refractivity contribution in [3.05, 3.63) is 52.3 Å². The van der Waals surface area contributed by atoms with Crippen molar-refractivity contribution in [3.63, 3.8) is 0 Å². The SMILES string of the molecule is Cn1cc(CCNCc2ccccc2Br)cn1. The molecule has 0 unspecified atom stereocenters. The second kappa shape index (κ2) is 5.98. The van der Waals surface area contributed by atoms with E-state index in [0.29, 0.717) is 0 Å². The van der Waals surface area contributed by atoms with Crippen molar-refractivity contribution in [1.29, 1.82) is 0 Å². The third kappa shape index (κ3) is 3.68. The largest absolute Gasteiger partial charge is 0.312 e. The van der Waals surface area contributed by atoms with Crippen LogP contribution in [0.1, 0.15) is 11.1 Å². The van der Waals surface area contributed by atoms with Crippen LogP contribution in [-0.2, 0) is 20.0 Å². The molecule has 90 valence electrons. The lowest BCUT2D eigenvalue weighted by Crippen LogP contribution is -2.16. The van der Waals surface area contributed by atoms with Gasteiger partial charge in [0, 0.05) is 24.3 Å². The van der Waals surface area contributed by atoms with E-state index in [1.807, 2.05) is 24.0 Å². The molecule has 0 saturated heterocycles. The van der Waals surface area contributed by atoms with Gasteiger partial charge in [-0.1, -0.05) is 34.1 Å². The van der Waals surface area contributed by atoms with Crippen LogP contribution in [0.4, 0.5) is 0 Å². The Morgan fingerprint density at radius 3 is 2.88 bits per heavy atom. The zero-order valence-corrected chi connectivity index (χ0v) is 11.4. The van der Waals surface area contributed by atoms with Crippen molar-refractivity contribution >= 4 is 15.9 Å². The molecule has 17 heavy (non-hydrogen) atoms. The maximum Gasteiger partial charge on any atom is 0.0522 e. The molecular weight excluding hydrogens is 278 g/mol. The van der Waals surface area contributed by atoms with E-state index < -0.39 is 0 Å². The zero-order chi connectivity index (χ0) is 12.1. The van der Waals surface area contributed by atoms with Gasteiger partial charge in [0.25, 0.3) is 0 Å². The molecule has 0 bridgehead atoms. The maximum atomic E-state index is 4.15. The van der Waals surface area contributed by atoms with E-state index >= 15 is 0 Å². The van der Waals surface area contributed by atoms with Crippen molar-refractivity contribution in [3.8, 4) is 0 Å². The van der Waals surface area contributed by atoms with Gasteiger partial charge in [-0.3, -0.25) is 4.68 Å².